The molecule has 0 amide bonds. The van der Waals surface area contributed by atoms with Crippen LogP contribution in [0.2, 0.25) is 0 Å². The fourth-order valence-corrected chi connectivity index (χ4v) is 4.48. The van der Waals surface area contributed by atoms with Gasteiger partial charge in [-0.1, -0.05) is 91.0 Å². The zero-order valence-electron chi connectivity index (χ0n) is 15.3. The molecule has 0 aliphatic carbocycles. The monoisotopic (exact) mass is 549 g/mol. The van der Waals surface area contributed by atoms with Gasteiger partial charge in [0.05, 0.1) is 0 Å². The molecule has 0 aliphatic rings. The summed E-state index contributed by atoms with van der Waals surface area (Å²) < 4.78 is 0. The molecule has 2 nitrogen and oxygen atoms in total. The van der Waals surface area contributed by atoms with Gasteiger partial charge < -0.3 is 20.0 Å². The number of carbonyl (C=O) groups is 1. The third-order valence-electron chi connectivity index (χ3n) is 3.04. The minimum atomic E-state index is -0.833. The van der Waals surface area contributed by atoms with Crippen molar-refractivity contribution >= 4 is 29.8 Å². The second-order valence-electron chi connectivity index (χ2n) is 4.86. The largest absolute Gasteiger partial charge is 0.481 e. The van der Waals surface area contributed by atoms with Gasteiger partial charge in [-0.15, -0.1) is 0 Å². The van der Waals surface area contributed by atoms with Crippen LogP contribution in [0.4, 0.5) is 0 Å². The maximum atomic E-state index is 9.00. The fourth-order valence-electron chi connectivity index (χ4n) is 2.18. The zero-order chi connectivity index (χ0) is 16.5. The summed E-state index contributed by atoms with van der Waals surface area (Å²) in [6.45, 7) is 1.08. The first kappa shape index (κ1) is 26.5. The van der Waals surface area contributed by atoms with E-state index in [4.69, 9.17) is 9.90 Å². The minimum absolute atomic E-state index is 0. The molecule has 4 heteroatoms. The summed E-state index contributed by atoms with van der Waals surface area (Å²) in [6, 6.07) is 32.3. The number of carboxylic acids is 1. The van der Waals surface area contributed by atoms with Crippen LogP contribution in [0, 0.1) is 14.9 Å². The van der Waals surface area contributed by atoms with Crippen molar-refractivity contribution in [3.8, 4) is 0 Å². The van der Waals surface area contributed by atoms with E-state index in [0.717, 1.165) is 6.92 Å². The Morgan fingerprint density at radius 1 is 0.654 bits per heavy atom. The van der Waals surface area contributed by atoms with Crippen molar-refractivity contribution in [1.82, 2.24) is 0 Å². The fraction of sp³-hybridized carbons (Fsp3) is 0.0455. The number of benzene rings is 3. The summed E-state index contributed by atoms with van der Waals surface area (Å²) in [5, 5.41) is 11.6. The van der Waals surface area contributed by atoms with E-state index in [1.54, 1.807) is 0 Å². The topological polar surface area (TPSA) is 37.3 Å². The standard InChI is InChI=1S/C18H15P.C2H4O2.2CH3.Au/c1-4-10-16(11-5-1)19(17-12-6-2-7-13-17)18-14-8-3-9-15-18;1-2(3)4;;;/h1-15H;1H3,(H,3,4);2*1H3;/q;;2*-1;. The second kappa shape index (κ2) is 14.5. The Labute approximate surface area is 174 Å². The quantitative estimate of drug-likeness (QED) is 0.298. The van der Waals surface area contributed by atoms with E-state index < -0.39 is 13.9 Å². The maximum Gasteiger partial charge on any atom is 0.300 e. The molecule has 0 saturated heterocycles. The van der Waals surface area contributed by atoms with Crippen LogP contribution in [-0.2, 0) is 27.2 Å². The van der Waals surface area contributed by atoms with Crippen molar-refractivity contribution in [2.24, 2.45) is 0 Å². The number of hydrogen-bond acceptors (Lipinski definition) is 1. The molecular weight excluding hydrogens is 524 g/mol. The van der Waals surface area contributed by atoms with Crippen LogP contribution in [0.1, 0.15) is 6.92 Å². The van der Waals surface area contributed by atoms with Gasteiger partial charge >= 0.3 is 0 Å². The molecule has 0 atom stereocenters. The Morgan fingerprint density at radius 3 is 1.04 bits per heavy atom. The maximum absolute atomic E-state index is 9.00. The van der Waals surface area contributed by atoms with Gasteiger partial charge in [0.2, 0.25) is 0 Å². The van der Waals surface area contributed by atoms with Crippen molar-refractivity contribution in [2.45, 2.75) is 6.92 Å². The third kappa shape index (κ3) is 8.60. The molecule has 0 bridgehead atoms. The van der Waals surface area contributed by atoms with Gasteiger partial charge in [-0.2, -0.15) is 0 Å². The Morgan fingerprint density at radius 2 is 0.846 bits per heavy atom. The smallest absolute Gasteiger partial charge is 0.300 e. The zero-order valence-corrected chi connectivity index (χ0v) is 18.3. The molecule has 0 aromatic heterocycles. The average Bonchev–Trinajstić information content (AvgIpc) is 2.58. The summed E-state index contributed by atoms with van der Waals surface area (Å²) >= 11 is 0. The second-order valence-corrected chi connectivity index (χ2v) is 7.08. The number of rotatable bonds is 3. The Hall–Kier alpha value is -1.70. The number of hydrogen-bond donors (Lipinski definition) is 1. The van der Waals surface area contributed by atoms with Crippen LogP contribution >= 0.6 is 7.92 Å². The van der Waals surface area contributed by atoms with E-state index in [2.05, 4.69) is 91.0 Å². The molecule has 1 N–H and O–H groups in total. The first-order valence-corrected chi connectivity index (χ1v) is 8.67. The van der Waals surface area contributed by atoms with E-state index in [-0.39, 0.29) is 37.2 Å². The van der Waals surface area contributed by atoms with Crippen molar-refractivity contribution in [3.63, 3.8) is 0 Å². The first-order valence-electron chi connectivity index (χ1n) is 7.33. The average molecular weight is 549 g/mol. The normalized spacial score (nSPS) is 8.69. The minimum Gasteiger partial charge on any atom is -0.481 e. The molecule has 0 saturated carbocycles. The molecule has 0 aliphatic heterocycles. The summed E-state index contributed by atoms with van der Waals surface area (Å²) in [5.41, 5.74) is 0. The summed E-state index contributed by atoms with van der Waals surface area (Å²) in [4.78, 5) is 9.00. The molecule has 3 rings (SSSR count). The van der Waals surface area contributed by atoms with Crippen molar-refractivity contribution in [2.75, 3.05) is 0 Å². The molecule has 26 heavy (non-hydrogen) atoms. The van der Waals surface area contributed by atoms with Crippen molar-refractivity contribution < 1.29 is 32.3 Å². The first-order chi connectivity index (χ1) is 11.2. The molecule has 3 aromatic rings. The van der Waals surface area contributed by atoms with Gasteiger partial charge in [0.25, 0.3) is 5.97 Å². The van der Waals surface area contributed by atoms with E-state index in [9.17, 15) is 0 Å². The number of aliphatic carboxylic acids is 1. The summed E-state index contributed by atoms with van der Waals surface area (Å²) in [6.07, 6.45) is 0. The van der Waals surface area contributed by atoms with Crippen molar-refractivity contribution in [1.29, 1.82) is 0 Å². The Bertz CT molecular complexity index is 621. The van der Waals surface area contributed by atoms with Crippen molar-refractivity contribution in [3.05, 3.63) is 106 Å². The summed E-state index contributed by atoms with van der Waals surface area (Å²) in [7, 11) is -0.446. The third-order valence-corrected chi connectivity index (χ3v) is 5.49. The molecule has 0 heterocycles. The Kier molecular flexibility index (Phi) is 14.8. The van der Waals surface area contributed by atoms with Gasteiger partial charge in [0.1, 0.15) is 0 Å². The molecular formula is C22H25AuO2P-2. The predicted molar refractivity (Wildman–Crippen MR) is 111 cm³/mol. The van der Waals surface area contributed by atoms with Gasteiger partial charge in [0, 0.05) is 29.3 Å². The van der Waals surface area contributed by atoms with Gasteiger partial charge in [-0.05, 0) is 23.8 Å². The SMILES string of the molecule is CC(=O)O.[Au].[CH3-].[CH3-].c1ccc(P(c2ccccc2)c2ccccc2)cc1. The van der Waals surface area contributed by atoms with Crippen LogP contribution in [0.3, 0.4) is 0 Å². The molecule has 1 radical (unpaired) electrons. The molecule has 143 valence electrons. The van der Waals surface area contributed by atoms with E-state index in [1.807, 2.05) is 0 Å². The van der Waals surface area contributed by atoms with E-state index in [0.29, 0.717) is 0 Å². The van der Waals surface area contributed by atoms with Gasteiger partial charge in [-0.3, -0.25) is 4.79 Å². The van der Waals surface area contributed by atoms with Gasteiger partial charge in [-0.25, -0.2) is 0 Å². The molecule has 0 spiro atoms. The molecule has 0 fully saturated rings. The van der Waals surface area contributed by atoms with Crippen LogP contribution in [0.25, 0.3) is 0 Å². The van der Waals surface area contributed by atoms with E-state index in [1.165, 1.54) is 15.9 Å². The van der Waals surface area contributed by atoms with Crippen LogP contribution < -0.4 is 15.9 Å². The predicted octanol–water partition coefficient (Wildman–Crippen LogP) is 4.43. The van der Waals surface area contributed by atoms with E-state index >= 15 is 0 Å². The van der Waals surface area contributed by atoms with Crippen LogP contribution in [0.15, 0.2) is 91.0 Å². The Balaban J connectivity index is 0. The van der Waals surface area contributed by atoms with Gasteiger partial charge in [0.15, 0.2) is 0 Å². The van der Waals surface area contributed by atoms with Crippen LogP contribution in [-0.4, -0.2) is 11.1 Å². The summed E-state index contributed by atoms with van der Waals surface area (Å²) in [5.74, 6) is -0.833. The molecule has 3 aromatic carbocycles. The number of carboxylic acid groups (broad SMARTS) is 1. The molecule has 0 unspecified atom stereocenters. The van der Waals surface area contributed by atoms with Crippen LogP contribution in [0.5, 0.6) is 0 Å².